The number of allylic oxidation sites excluding steroid dienone is 1. The first-order chi connectivity index (χ1) is 8.75. The Morgan fingerprint density at radius 1 is 1.11 bits per heavy atom. The van der Waals surface area contributed by atoms with Crippen molar-refractivity contribution < 1.29 is 9.53 Å². The lowest BCUT2D eigenvalue weighted by Gasteiger charge is -2.40. The molecule has 0 N–H and O–H groups in total. The molecule has 0 aromatic rings. The van der Waals surface area contributed by atoms with E-state index in [2.05, 4.69) is 47.2 Å². The van der Waals surface area contributed by atoms with Crippen LogP contribution in [0.2, 0.25) is 16.6 Å². The average molecular weight is 280 g/mol. The first-order valence-electron chi connectivity index (χ1n) is 7.41. The second-order valence-electron chi connectivity index (χ2n) is 6.42. The molecule has 0 bridgehead atoms. The highest BCUT2D eigenvalue weighted by Gasteiger charge is 2.42. The monoisotopic (exact) mass is 280 g/mol. The third-order valence-corrected chi connectivity index (χ3v) is 11.3. The van der Waals surface area contributed by atoms with Crippen LogP contribution in [0.25, 0.3) is 0 Å². The molecule has 1 heterocycles. The van der Waals surface area contributed by atoms with Gasteiger partial charge in [0.1, 0.15) is 5.76 Å². The molecular formula is C16H28O2Si. The fraction of sp³-hybridized carbons (Fsp3) is 0.688. The predicted octanol–water partition coefficient (Wildman–Crippen LogP) is 4.98. The highest BCUT2D eigenvalue weighted by Crippen LogP contribution is 2.43. The van der Waals surface area contributed by atoms with Crippen LogP contribution in [-0.2, 0) is 9.53 Å². The minimum atomic E-state index is -1.65. The summed E-state index contributed by atoms with van der Waals surface area (Å²) in [5, 5.41) is 0. The number of esters is 1. The van der Waals surface area contributed by atoms with Gasteiger partial charge in [-0.3, -0.25) is 0 Å². The number of rotatable bonds is 5. The third-order valence-electron chi connectivity index (χ3n) is 4.56. The van der Waals surface area contributed by atoms with Crippen LogP contribution in [-0.4, -0.2) is 14.0 Å². The molecular weight excluding hydrogens is 252 g/mol. The number of ether oxygens (including phenoxy) is 1. The zero-order valence-corrected chi connectivity index (χ0v) is 14.4. The zero-order valence-electron chi connectivity index (χ0n) is 13.4. The van der Waals surface area contributed by atoms with E-state index < -0.39 is 8.07 Å². The van der Waals surface area contributed by atoms with E-state index in [1.54, 1.807) is 0 Å². The third kappa shape index (κ3) is 3.02. The van der Waals surface area contributed by atoms with Gasteiger partial charge in [-0.2, -0.15) is 0 Å². The molecule has 0 saturated carbocycles. The van der Waals surface area contributed by atoms with Crippen molar-refractivity contribution in [1.82, 2.24) is 0 Å². The summed E-state index contributed by atoms with van der Waals surface area (Å²) in [5.74, 6) is 0.637. The first kappa shape index (κ1) is 16.2. The van der Waals surface area contributed by atoms with E-state index in [4.69, 9.17) is 4.74 Å². The summed E-state index contributed by atoms with van der Waals surface area (Å²) in [4.78, 5) is 11.7. The van der Waals surface area contributed by atoms with E-state index in [1.165, 1.54) is 0 Å². The normalized spacial score (nSPS) is 18.7. The maximum absolute atomic E-state index is 11.7. The summed E-state index contributed by atoms with van der Waals surface area (Å²) < 4.78 is 5.44. The van der Waals surface area contributed by atoms with Crippen LogP contribution >= 0.6 is 0 Å². The highest BCUT2D eigenvalue weighted by molar-refractivity contribution is 6.88. The van der Waals surface area contributed by atoms with Gasteiger partial charge in [0.05, 0.1) is 8.07 Å². The van der Waals surface area contributed by atoms with Crippen LogP contribution in [0.4, 0.5) is 0 Å². The zero-order chi connectivity index (χ0) is 14.8. The molecule has 0 aromatic heterocycles. The van der Waals surface area contributed by atoms with Gasteiger partial charge in [0.2, 0.25) is 0 Å². The van der Waals surface area contributed by atoms with Crippen molar-refractivity contribution in [2.24, 2.45) is 0 Å². The van der Waals surface area contributed by atoms with Gasteiger partial charge in [0, 0.05) is 5.57 Å². The maximum atomic E-state index is 11.7. The molecule has 1 rings (SSSR count). The van der Waals surface area contributed by atoms with Crippen LogP contribution in [0.3, 0.4) is 0 Å². The Morgan fingerprint density at radius 3 is 1.89 bits per heavy atom. The Morgan fingerprint density at radius 2 is 1.58 bits per heavy atom. The Bertz CT molecular complexity index is 381. The van der Waals surface area contributed by atoms with Gasteiger partial charge in [0.25, 0.3) is 0 Å². The van der Waals surface area contributed by atoms with Crippen molar-refractivity contribution in [2.45, 2.75) is 71.5 Å². The molecule has 0 atom stereocenters. The number of hydrogen-bond acceptors (Lipinski definition) is 2. The maximum Gasteiger partial charge on any atom is 0.339 e. The number of hydrogen-bond donors (Lipinski definition) is 0. The van der Waals surface area contributed by atoms with Gasteiger partial charge in [-0.25, -0.2) is 4.79 Å². The van der Waals surface area contributed by atoms with Crippen LogP contribution in [0.1, 0.15) is 54.9 Å². The summed E-state index contributed by atoms with van der Waals surface area (Å²) in [6.07, 6.45) is 2.69. The van der Waals surface area contributed by atoms with Crippen molar-refractivity contribution in [3.05, 3.63) is 23.1 Å². The van der Waals surface area contributed by atoms with Gasteiger partial charge < -0.3 is 4.74 Å². The minimum absolute atomic E-state index is 0.159. The van der Waals surface area contributed by atoms with Crippen LogP contribution in [0.15, 0.2) is 23.1 Å². The van der Waals surface area contributed by atoms with Gasteiger partial charge in [-0.05, 0) is 29.1 Å². The molecule has 1 aliphatic rings. The Balaban J connectivity index is 3.23. The van der Waals surface area contributed by atoms with E-state index in [9.17, 15) is 4.79 Å². The molecule has 1 aliphatic heterocycles. The predicted molar refractivity (Wildman–Crippen MR) is 83.6 cm³/mol. The molecule has 0 unspecified atom stereocenters. The van der Waals surface area contributed by atoms with Gasteiger partial charge in [-0.1, -0.05) is 54.2 Å². The summed E-state index contributed by atoms with van der Waals surface area (Å²) in [6, 6.07) is 0. The SMILES string of the molecule is CCC1=C/C(=C/[Si](C(C)C)(C(C)C)C(C)C)OC1=O. The molecule has 0 radical (unpaired) electrons. The molecule has 19 heavy (non-hydrogen) atoms. The number of carbonyl (C=O) groups excluding carboxylic acids is 1. The van der Waals surface area contributed by atoms with E-state index in [-0.39, 0.29) is 5.97 Å². The lowest BCUT2D eigenvalue weighted by atomic mass is 10.2. The first-order valence-corrected chi connectivity index (χ1v) is 9.72. The lowest BCUT2D eigenvalue weighted by Crippen LogP contribution is -2.43. The minimum Gasteiger partial charge on any atom is -0.424 e. The van der Waals surface area contributed by atoms with E-state index in [0.29, 0.717) is 16.6 Å². The van der Waals surface area contributed by atoms with E-state index in [0.717, 1.165) is 17.8 Å². The number of cyclic esters (lactones) is 1. The largest absolute Gasteiger partial charge is 0.424 e. The molecule has 108 valence electrons. The van der Waals surface area contributed by atoms with Gasteiger partial charge in [0.15, 0.2) is 0 Å². The van der Waals surface area contributed by atoms with Gasteiger partial charge >= 0.3 is 5.97 Å². The van der Waals surface area contributed by atoms with Crippen molar-refractivity contribution in [3.63, 3.8) is 0 Å². The molecule has 0 fully saturated rings. The molecule has 0 amide bonds. The van der Waals surface area contributed by atoms with E-state index in [1.807, 2.05) is 13.0 Å². The van der Waals surface area contributed by atoms with E-state index >= 15 is 0 Å². The van der Waals surface area contributed by atoms with Crippen LogP contribution < -0.4 is 0 Å². The van der Waals surface area contributed by atoms with Crippen LogP contribution in [0, 0.1) is 0 Å². The molecule has 3 heteroatoms. The molecule has 0 aromatic carbocycles. The Hall–Kier alpha value is -0.833. The highest BCUT2D eigenvalue weighted by atomic mass is 28.3. The van der Waals surface area contributed by atoms with Gasteiger partial charge in [-0.15, -0.1) is 0 Å². The summed E-state index contributed by atoms with van der Waals surface area (Å²) in [6.45, 7) is 15.9. The number of carbonyl (C=O) groups is 1. The lowest BCUT2D eigenvalue weighted by molar-refractivity contribution is -0.133. The molecule has 0 spiro atoms. The summed E-state index contributed by atoms with van der Waals surface area (Å²) in [7, 11) is -1.65. The standard InChI is InChI=1S/C16H28O2Si/c1-8-14-9-15(18-16(14)17)10-19(11(2)3,12(4)5)13(6)7/h9-13H,8H2,1-7H3/b15-10-. The van der Waals surface area contributed by atoms with Crippen molar-refractivity contribution >= 4 is 14.0 Å². The summed E-state index contributed by atoms with van der Waals surface area (Å²) >= 11 is 0. The molecule has 0 aliphatic carbocycles. The Labute approximate surface area is 118 Å². The average Bonchev–Trinajstić information content (AvgIpc) is 2.64. The summed E-state index contributed by atoms with van der Waals surface area (Å²) in [5.41, 5.74) is 5.03. The fourth-order valence-electron chi connectivity index (χ4n) is 3.50. The van der Waals surface area contributed by atoms with Crippen molar-refractivity contribution in [2.75, 3.05) is 0 Å². The quantitative estimate of drug-likeness (QED) is 0.524. The molecule has 0 saturated heterocycles. The fourth-order valence-corrected chi connectivity index (χ4v) is 9.13. The second-order valence-corrected chi connectivity index (χ2v) is 12.2. The Kier molecular flexibility index (Phi) is 5.19. The smallest absolute Gasteiger partial charge is 0.339 e. The topological polar surface area (TPSA) is 26.3 Å². The van der Waals surface area contributed by atoms with Crippen LogP contribution in [0.5, 0.6) is 0 Å². The molecule has 2 nitrogen and oxygen atoms in total. The van der Waals surface area contributed by atoms with Crippen molar-refractivity contribution in [1.29, 1.82) is 0 Å². The van der Waals surface area contributed by atoms with Crippen molar-refractivity contribution in [3.8, 4) is 0 Å². The second kappa shape index (κ2) is 6.08.